The van der Waals surface area contributed by atoms with E-state index in [-0.39, 0.29) is 11.9 Å². The van der Waals surface area contributed by atoms with Gasteiger partial charge in [-0.25, -0.2) is 0 Å². The molecule has 1 unspecified atom stereocenters. The van der Waals surface area contributed by atoms with E-state index in [9.17, 15) is 4.79 Å². The summed E-state index contributed by atoms with van der Waals surface area (Å²) < 4.78 is 1.64. The van der Waals surface area contributed by atoms with Gasteiger partial charge in [-0.05, 0) is 20.3 Å². The zero-order chi connectivity index (χ0) is 12.1. The van der Waals surface area contributed by atoms with Crippen LogP contribution in [0, 0.1) is 6.92 Å². The first-order valence-corrected chi connectivity index (χ1v) is 5.93. The number of carbonyl (C=O) groups excluding carboxylic acids is 1. The van der Waals surface area contributed by atoms with Gasteiger partial charge in [0, 0.05) is 6.54 Å². The summed E-state index contributed by atoms with van der Waals surface area (Å²) in [6.45, 7) is 6.48. The van der Waals surface area contributed by atoms with Crippen molar-refractivity contribution >= 4 is 17.5 Å². The van der Waals surface area contributed by atoms with Crippen LogP contribution in [0.15, 0.2) is 6.20 Å². The van der Waals surface area contributed by atoms with Gasteiger partial charge in [-0.2, -0.15) is 5.10 Å². The van der Waals surface area contributed by atoms with Crippen LogP contribution in [0.25, 0.3) is 0 Å². The van der Waals surface area contributed by atoms with Crippen molar-refractivity contribution in [3.05, 3.63) is 16.9 Å². The second-order valence-corrected chi connectivity index (χ2v) is 4.25. The van der Waals surface area contributed by atoms with Gasteiger partial charge in [0.2, 0.25) is 5.91 Å². The predicted molar refractivity (Wildman–Crippen MR) is 64.6 cm³/mol. The lowest BCUT2D eigenvalue weighted by Gasteiger charge is -2.14. The molecule has 0 fully saturated rings. The number of halogens is 1. The van der Waals surface area contributed by atoms with E-state index in [1.807, 2.05) is 13.8 Å². The van der Waals surface area contributed by atoms with Crippen LogP contribution in [-0.4, -0.2) is 22.2 Å². The number of hydrogen-bond donors (Lipinski definition) is 1. The third kappa shape index (κ3) is 2.98. The lowest BCUT2D eigenvalue weighted by Crippen LogP contribution is -2.32. The van der Waals surface area contributed by atoms with Crippen molar-refractivity contribution in [2.45, 2.75) is 39.7 Å². The van der Waals surface area contributed by atoms with Gasteiger partial charge in [0.05, 0.1) is 16.9 Å². The van der Waals surface area contributed by atoms with Gasteiger partial charge < -0.3 is 5.32 Å². The number of nitrogens with one attached hydrogen (secondary N) is 1. The molecule has 1 atom stereocenters. The Labute approximate surface area is 101 Å². The molecule has 1 rings (SSSR count). The summed E-state index contributed by atoms with van der Waals surface area (Å²) in [5.41, 5.74) is 0.819. The molecule has 1 N–H and O–H groups in total. The predicted octanol–water partition coefficient (Wildman–Crippen LogP) is 2.32. The fourth-order valence-corrected chi connectivity index (χ4v) is 1.57. The van der Waals surface area contributed by atoms with Crippen molar-refractivity contribution < 1.29 is 4.79 Å². The Bertz CT molecular complexity index is 362. The molecule has 5 heteroatoms. The van der Waals surface area contributed by atoms with Gasteiger partial charge in [0.15, 0.2) is 0 Å². The second-order valence-electron chi connectivity index (χ2n) is 3.84. The zero-order valence-electron chi connectivity index (χ0n) is 9.96. The third-order valence-electron chi connectivity index (χ3n) is 2.56. The average Bonchev–Trinajstić information content (AvgIpc) is 2.59. The van der Waals surface area contributed by atoms with Crippen LogP contribution >= 0.6 is 11.6 Å². The molecule has 0 aromatic carbocycles. The summed E-state index contributed by atoms with van der Waals surface area (Å²) in [6, 6.07) is -0.315. The lowest BCUT2D eigenvalue weighted by atomic mass is 10.3. The molecule has 4 nitrogen and oxygen atoms in total. The minimum atomic E-state index is -0.315. The number of amides is 1. The molecule has 0 radical (unpaired) electrons. The first kappa shape index (κ1) is 13.0. The molecule has 1 aromatic heterocycles. The summed E-state index contributed by atoms with van der Waals surface area (Å²) in [6.07, 6.45) is 3.63. The summed E-state index contributed by atoms with van der Waals surface area (Å²) >= 11 is 5.89. The van der Waals surface area contributed by atoms with Crippen LogP contribution in [0.1, 0.15) is 38.4 Å². The van der Waals surface area contributed by atoms with Gasteiger partial charge >= 0.3 is 0 Å². The number of hydrogen-bond acceptors (Lipinski definition) is 2. The van der Waals surface area contributed by atoms with E-state index in [1.165, 1.54) is 0 Å². The van der Waals surface area contributed by atoms with Crippen molar-refractivity contribution in [1.82, 2.24) is 15.1 Å². The molecule has 1 amide bonds. The first-order valence-electron chi connectivity index (χ1n) is 5.55. The molecule has 1 aromatic rings. The van der Waals surface area contributed by atoms with E-state index in [0.717, 1.165) is 18.5 Å². The van der Waals surface area contributed by atoms with Crippen LogP contribution in [0.2, 0.25) is 5.02 Å². The minimum Gasteiger partial charge on any atom is -0.354 e. The van der Waals surface area contributed by atoms with Gasteiger partial charge in [-0.15, -0.1) is 0 Å². The molecule has 0 spiro atoms. The van der Waals surface area contributed by atoms with Crippen molar-refractivity contribution in [2.24, 2.45) is 0 Å². The molecule has 90 valence electrons. The summed E-state index contributed by atoms with van der Waals surface area (Å²) in [4.78, 5) is 11.8. The highest BCUT2D eigenvalue weighted by Gasteiger charge is 2.17. The van der Waals surface area contributed by atoms with Gasteiger partial charge in [-0.3, -0.25) is 9.48 Å². The highest BCUT2D eigenvalue weighted by Crippen LogP contribution is 2.17. The molecule has 0 aliphatic rings. The van der Waals surface area contributed by atoms with Crippen LogP contribution in [0.4, 0.5) is 0 Å². The van der Waals surface area contributed by atoms with Crippen molar-refractivity contribution in [1.29, 1.82) is 0 Å². The molecular weight excluding hydrogens is 226 g/mol. The van der Waals surface area contributed by atoms with E-state index in [4.69, 9.17) is 11.6 Å². The maximum atomic E-state index is 11.8. The van der Waals surface area contributed by atoms with E-state index in [1.54, 1.807) is 10.9 Å². The van der Waals surface area contributed by atoms with E-state index >= 15 is 0 Å². The Morgan fingerprint density at radius 2 is 2.38 bits per heavy atom. The highest BCUT2D eigenvalue weighted by atomic mass is 35.5. The van der Waals surface area contributed by atoms with Crippen LogP contribution in [0.5, 0.6) is 0 Å². The van der Waals surface area contributed by atoms with Gasteiger partial charge in [0.1, 0.15) is 6.04 Å². The van der Waals surface area contributed by atoms with Crippen molar-refractivity contribution in [3.63, 3.8) is 0 Å². The molecule has 0 bridgehead atoms. The number of aromatic nitrogens is 2. The minimum absolute atomic E-state index is 0.0173. The van der Waals surface area contributed by atoms with Gasteiger partial charge in [0.25, 0.3) is 0 Å². The number of carbonyl (C=O) groups is 1. The van der Waals surface area contributed by atoms with Crippen LogP contribution < -0.4 is 5.32 Å². The molecule has 16 heavy (non-hydrogen) atoms. The molecule has 0 saturated heterocycles. The Morgan fingerprint density at radius 3 is 2.88 bits per heavy atom. The molecular formula is C11H18ClN3O. The fraction of sp³-hybridized carbons (Fsp3) is 0.636. The Kier molecular flexibility index (Phi) is 4.80. The van der Waals surface area contributed by atoms with E-state index < -0.39 is 0 Å². The monoisotopic (exact) mass is 243 g/mol. The van der Waals surface area contributed by atoms with Crippen LogP contribution in [-0.2, 0) is 4.79 Å². The topological polar surface area (TPSA) is 46.9 Å². The first-order chi connectivity index (χ1) is 7.57. The molecule has 0 aliphatic carbocycles. The van der Waals surface area contributed by atoms with Crippen LogP contribution in [0.3, 0.4) is 0 Å². The summed E-state index contributed by atoms with van der Waals surface area (Å²) in [5.74, 6) is -0.0173. The zero-order valence-corrected chi connectivity index (χ0v) is 10.7. The molecule has 0 saturated carbocycles. The number of rotatable bonds is 5. The normalized spacial score (nSPS) is 12.5. The maximum Gasteiger partial charge on any atom is 0.244 e. The summed E-state index contributed by atoms with van der Waals surface area (Å²) in [7, 11) is 0. The van der Waals surface area contributed by atoms with Crippen molar-refractivity contribution in [3.8, 4) is 0 Å². The highest BCUT2D eigenvalue weighted by molar-refractivity contribution is 6.31. The van der Waals surface area contributed by atoms with E-state index in [0.29, 0.717) is 11.6 Å². The fourth-order valence-electron chi connectivity index (χ4n) is 1.44. The molecule has 1 heterocycles. The van der Waals surface area contributed by atoms with Gasteiger partial charge in [-0.1, -0.05) is 24.9 Å². The maximum absolute atomic E-state index is 11.8. The van der Waals surface area contributed by atoms with E-state index in [2.05, 4.69) is 17.3 Å². The Balaban J connectivity index is 2.60. The Hall–Kier alpha value is -1.03. The number of nitrogens with zero attached hydrogens (tertiary/aromatic N) is 2. The second kappa shape index (κ2) is 5.89. The van der Waals surface area contributed by atoms with Crippen molar-refractivity contribution in [2.75, 3.05) is 6.54 Å². The largest absolute Gasteiger partial charge is 0.354 e. The average molecular weight is 244 g/mol. The SMILES string of the molecule is CCCCNC(=O)C(C)n1ncc(Cl)c1C. The standard InChI is InChI=1S/C11H18ClN3O/c1-4-5-6-13-11(16)9(3)15-8(2)10(12)7-14-15/h7,9H,4-6H2,1-3H3,(H,13,16). The third-order valence-corrected chi connectivity index (χ3v) is 2.93. The molecule has 0 aliphatic heterocycles. The smallest absolute Gasteiger partial charge is 0.244 e. The lowest BCUT2D eigenvalue weighted by molar-refractivity contribution is -0.124. The summed E-state index contributed by atoms with van der Waals surface area (Å²) in [5, 5.41) is 7.55. The number of unbranched alkanes of at least 4 members (excludes halogenated alkanes) is 1. The quantitative estimate of drug-likeness (QED) is 0.807. The Morgan fingerprint density at radius 1 is 1.69 bits per heavy atom.